The molecule has 0 radical (unpaired) electrons. The Bertz CT molecular complexity index is 978. The molecule has 5 N–H and O–H groups in total. The molecule has 6 atom stereocenters. The monoisotopic (exact) mass is 464 g/mol. The highest BCUT2D eigenvalue weighted by molar-refractivity contribution is 5.52. The molecule has 2 aromatic rings. The number of hydrogen-bond acceptors (Lipinski definition) is 10. The van der Waals surface area contributed by atoms with Gasteiger partial charge in [-0.25, -0.2) is 0 Å². The lowest BCUT2D eigenvalue weighted by Crippen LogP contribution is -2.60. The number of rotatable bonds is 6. The molecule has 2 aliphatic heterocycles. The fraction of sp³-hybridized carbons (Fsp3) is 0.478. The second-order valence-electron chi connectivity index (χ2n) is 8.00. The van der Waals surface area contributed by atoms with E-state index in [1.807, 2.05) is 12.1 Å². The normalized spacial score (nSPS) is 29.0. The van der Waals surface area contributed by atoms with Crippen LogP contribution in [0.5, 0.6) is 28.7 Å². The van der Waals surface area contributed by atoms with E-state index in [9.17, 15) is 25.5 Å². The van der Waals surface area contributed by atoms with E-state index in [2.05, 4.69) is 0 Å². The van der Waals surface area contributed by atoms with Gasteiger partial charge in [-0.2, -0.15) is 0 Å². The minimum Gasteiger partial charge on any atom is -0.508 e. The number of aliphatic hydroxyl groups excluding tert-OH is 4. The zero-order chi connectivity index (χ0) is 23.7. The van der Waals surface area contributed by atoms with Crippen molar-refractivity contribution in [1.29, 1.82) is 0 Å². The third kappa shape index (κ3) is 4.53. The van der Waals surface area contributed by atoms with Gasteiger partial charge in [0.15, 0.2) is 11.5 Å². The predicted octanol–water partition coefficient (Wildman–Crippen LogP) is 0.654. The van der Waals surface area contributed by atoms with Gasteiger partial charge in [0.1, 0.15) is 47.8 Å². The van der Waals surface area contributed by atoms with E-state index >= 15 is 0 Å². The van der Waals surface area contributed by atoms with Crippen molar-refractivity contribution in [3.63, 3.8) is 0 Å². The number of aliphatic hydroxyl groups is 4. The maximum atomic E-state index is 10.3. The first-order valence-corrected chi connectivity index (χ1v) is 10.6. The molecular formula is C23H28O10. The summed E-state index contributed by atoms with van der Waals surface area (Å²) in [6.07, 6.45) is -6.28. The van der Waals surface area contributed by atoms with E-state index in [0.717, 1.165) is 5.56 Å². The average Bonchev–Trinajstić information content (AvgIpc) is 2.83. The summed E-state index contributed by atoms with van der Waals surface area (Å²) in [4.78, 5) is 0. The van der Waals surface area contributed by atoms with Gasteiger partial charge < -0.3 is 49.2 Å². The standard InChI is InChI=1S/C23H28O10/c1-29-15-5-3-11(7-18(15)30-2)14-6-4-13-16(31-14)8-12(25)9-17(13)32-23-22(28)21(27)20(26)19(10-24)33-23/h3,5,7-9,14,19-28H,4,6,10H2,1-2H3/t14-,19+,20+,21-,22+,23-/m1/s1. The maximum absolute atomic E-state index is 10.3. The number of phenolic OH excluding ortho intramolecular Hbond substituents is 1. The fourth-order valence-electron chi connectivity index (χ4n) is 4.13. The predicted molar refractivity (Wildman–Crippen MR) is 114 cm³/mol. The molecule has 1 saturated heterocycles. The Balaban J connectivity index is 1.57. The van der Waals surface area contributed by atoms with Gasteiger partial charge in [-0.3, -0.25) is 0 Å². The quantitative estimate of drug-likeness (QED) is 0.413. The van der Waals surface area contributed by atoms with Crippen LogP contribution in [0.15, 0.2) is 30.3 Å². The number of benzene rings is 2. The van der Waals surface area contributed by atoms with Crippen LogP contribution in [0.3, 0.4) is 0 Å². The molecule has 2 aromatic carbocycles. The minimum absolute atomic E-state index is 0.124. The molecule has 2 aliphatic rings. The SMILES string of the molecule is COc1ccc([C@H]2CCc3c(O[C@@H]4O[C@@H](CO)[C@H](O)[C@@H](O)[C@@H]4O)cc(O)cc3O2)cc1OC. The number of ether oxygens (including phenoxy) is 5. The van der Waals surface area contributed by atoms with E-state index in [1.165, 1.54) is 12.1 Å². The summed E-state index contributed by atoms with van der Waals surface area (Å²) in [6.45, 7) is -0.570. The molecule has 4 rings (SSSR count). The van der Waals surface area contributed by atoms with Crippen LogP contribution in [0.1, 0.15) is 23.7 Å². The van der Waals surface area contributed by atoms with Crippen LogP contribution in [0, 0.1) is 0 Å². The first-order valence-electron chi connectivity index (χ1n) is 10.6. The molecule has 0 saturated carbocycles. The lowest BCUT2D eigenvalue weighted by atomic mass is 9.96. The Kier molecular flexibility index (Phi) is 6.82. The van der Waals surface area contributed by atoms with Gasteiger partial charge in [-0.15, -0.1) is 0 Å². The third-order valence-corrected chi connectivity index (χ3v) is 5.95. The Hall–Kier alpha value is -2.76. The van der Waals surface area contributed by atoms with E-state index in [0.29, 0.717) is 35.7 Å². The summed E-state index contributed by atoms with van der Waals surface area (Å²) < 4.78 is 28.0. The van der Waals surface area contributed by atoms with Gasteiger partial charge in [-0.1, -0.05) is 6.07 Å². The zero-order valence-electron chi connectivity index (χ0n) is 18.2. The van der Waals surface area contributed by atoms with Gasteiger partial charge in [0.05, 0.1) is 20.8 Å². The Morgan fingerprint density at radius 1 is 0.939 bits per heavy atom. The van der Waals surface area contributed by atoms with E-state index in [1.54, 1.807) is 20.3 Å². The number of hydrogen-bond donors (Lipinski definition) is 5. The summed E-state index contributed by atoms with van der Waals surface area (Å²) in [5.74, 6) is 1.67. The highest BCUT2D eigenvalue weighted by atomic mass is 16.7. The summed E-state index contributed by atoms with van der Waals surface area (Å²) in [5, 5.41) is 49.9. The molecule has 33 heavy (non-hydrogen) atoms. The van der Waals surface area contributed by atoms with Gasteiger partial charge in [0, 0.05) is 17.7 Å². The lowest BCUT2D eigenvalue weighted by molar-refractivity contribution is -0.277. The van der Waals surface area contributed by atoms with Crippen molar-refractivity contribution in [3.8, 4) is 28.7 Å². The summed E-state index contributed by atoms with van der Waals surface area (Å²) in [5.41, 5.74) is 1.53. The molecular weight excluding hydrogens is 436 g/mol. The third-order valence-electron chi connectivity index (χ3n) is 5.95. The van der Waals surface area contributed by atoms with Crippen molar-refractivity contribution in [1.82, 2.24) is 0 Å². The van der Waals surface area contributed by atoms with Crippen molar-refractivity contribution in [2.75, 3.05) is 20.8 Å². The van der Waals surface area contributed by atoms with Crippen LogP contribution in [-0.4, -0.2) is 77.1 Å². The maximum Gasteiger partial charge on any atom is 0.229 e. The van der Waals surface area contributed by atoms with Gasteiger partial charge in [0.25, 0.3) is 0 Å². The van der Waals surface area contributed by atoms with Gasteiger partial charge in [0.2, 0.25) is 6.29 Å². The van der Waals surface area contributed by atoms with Crippen LogP contribution < -0.4 is 18.9 Å². The van der Waals surface area contributed by atoms with Crippen LogP contribution in [0.25, 0.3) is 0 Å². The molecule has 0 aromatic heterocycles. The Morgan fingerprint density at radius 3 is 2.39 bits per heavy atom. The molecule has 0 aliphatic carbocycles. The number of phenols is 1. The average molecular weight is 464 g/mol. The van der Waals surface area contributed by atoms with Crippen molar-refractivity contribution >= 4 is 0 Å². The van der Waals surface area contributed by atoms with Crippen molar-refractivity contribution < 1.29 is 49.2 Å². The number of fused-ring (bicyclic) bond motifs is 1. The molecule has 1 fully saturated rings. The molecule has 0 spiro atoms. The molecule has 0 bridgehead atoms. The first kappa shape index (κ1) is 23.4. The smallest absolute Gasteiger partial charge is 0.229 e. The topological polar surface area (TPSA) is 147 Å². The van der Waals surface area contributed by atoms with Gasteiger partial charge in [-0.05, 0) is 30.5 Å². The second kappa shape index (κ2) is 9.62. The van der Waals surface area contributed by atoms with E-state index < -0.39 is 37.3 Å². The second-order valence-corrected chi connectivity index (χ2v) is 8.00. The highest BCUT2D eigenvalue weighted by Crippen LogP contribution is 2.44. The van der Waals surface area contributed by atoms with Crippen LogP contribution in [-0.2, 0) is 11.2 Å². The Labute approximate surface area is 190 Å². The molecule has 10 heteroatoms. The van der Waals surface area contributed by atoms with Crippen LogP contribution >= 0.6 is 0 Å². The largest absolute Gasteiger partial charge is 0.508 e. The van der Waals surface area contributed by atoms with Crippen LogP contribution in [0.4, 0.5) is 0 Å². The first-order chi connectivity index (χ1) is 15.9. The zero-order valence-corrected chi connectivity index (χ0v) is 18.2. The molecule has 0 unspecified atom stereocenters. The molecule has 180 valence electrons. The van der Waals surface area contributed by atoms with Crippen molar-refractivity contribution in [2.45, 2.75) is 49.7 Å². The fourth-order valence-corrected chi connectivity index (χ4v) is 4.13. The molecule has 10 nitrogen and oxygen atoms in total. The summed E-state index contributed by atoms with van der Waals surface area (Å²) >= 11 is 0. The number of methoxy groups -OCH3 is 2. The summed E-state index contributed by atoms with van der Waals surface area (Å²) in [7, 11) is 3.12. The van der Waals surface area contributed by atoms with Crippen molar-refractivity contribution in [2.24, 2.45) is 0 Å². The highest BCUT2D eigenvalue weighted by Gasteiger charge is 2.45. The lowest BCUT2D eigenvalue weighted by Gasteiger charge is -2.40. The Morgan fingerprint density at radius 2 is 1.70 bits per heavy atom. The number of aromatic hydroxyl groups is 1. The van der Waals surface area contributed by atoms with Crippen LogP contribution in [0.2, 0.25) is 0 Å². The summed E-state index contributed by atoms with van der Waals surface area (Å²) in [6, 6.07) is 8.35. The molecule has 0 amide bonds. The van der Waals surface area contributed by atoms with E-state index in [-0.39, 0.29) is 17.6 Å². The van der Waals surface area contributed by atoms with Crippen molar-refractivity contribution in [3.05, 3.63) is 41.5 Å². The minimum atomic E-state index is -1.57. The van der Waals surface area contributed by atoms with Gasteiger partial charge >= 0.3 is 0 Å². The molecule has 2 heterocycles. The van der Waals surface area contributed by atoms with E-state index in [4.69, 9.17) is 23.7 Å².